The van der Waals surface area contributed by atoms with Gasteiger partial charge in [-0.25, -0.2) is 0 Å². The minimum absolute atomic E-state index is 0.128. The third-order valence-electron chi connectivity index (χ3n) is 3.96. The van der Waals surface area contributed by atoms with Gasteiger partial charge in [0.05, 0.1) is 17.7 Å². The van der Waals surface area contributed by atoms with Gasteiger partial charge in [-0.1, -0.05) is 25.6 Å². The highest BCUT2D eigenvalue weighted by atomic mass is 32.2. The van der Waals surface area contributed by atoms with Crippen molar-refractivity contribution in [1.29, 1.82) is 0 Å². The molecule has 0 aliphatic rings. The SMILES string of the molecule is COc1ccc(-c2nnc(SCC(=O)c3ccc(C)s3)n2CC(C)C)cc1. The van der Waals surface area contributed by atoms with E-state index in [1.54, 1.807) is 7.11 Å². The van der Waals surface area contributed by atoms with Crippen molar-refractivity contribution in [2.75, 3.05) is 12.9 Å². The summed E-state index contributed by atoms with van der Waals surface area (Å²) in [5.41, 5.74) is 0.982. The van der Waals surface area contributed by atoms with E-state index in [2.05, 4.69) is 28.6 Å². The molecule has 0 N–H and O–H groups in total. The molecule has 0 bridgehead atoms. The van der Waals surface area contributed by atoms with Gasteiger partial charge in [0.2, 0.25) is 0 Å². The van der Waals surface area contributed by atoms with Crippen LogP contribution in [0, 0.1) is 12.8 Å². The minimum Gasteiger partial charge on any atom is -0.497 e. The van der Waals surface area contributed by atoms with E-state index in [1.807, 2.05) is 43.3 Å². The predicted molar refractivity (Wildman–Crippen MR) is 111 cm³/mol. The summed E-state index contributed by atoms with van der Waals surface area (Å²) in [6.07, 6.45) is 0. The molecule has 2 heterocycles. The van der Waals surface area contributed by atoms with Gasteiger partial charge < -0.3 is 9.30 Å². The van der Waals surface area contributed by atoms with Crippen LogP contribution in [-0.2, 0) is 6.54 Å². The average Bonchev–Trinajstić information content (AvgIpc) is 3.26. The van der Waals surface area contributed by atoms with Gasteiger partial charge >= 0.3 is 0 Å². The lowest BCUT2D eigenvalue weighted by Crippen LogP contribution is -2.09. The number of nitrogens with zero attached hydrogens (tertiary/aromatic N) is 3. The highest BCUT2D eigenvalue weighted by molar-refractivity contribution is 7.99. The first kappa shape index (κ1) is 19.6. The Morgan fingerprint density at radius 2 is 1.93 bits per heavy atom. The molecule has 0 saturated carbocycles. The number of carbonyl (C=O) groups is 1. The highest BCUT2D eigenvalue weighted by Crippen LogP contribution is 2.27. The van der Waals surface area contributed by atoms with E-state index >= 15 is 0 Å². The zero-order chi connectivity index (χ0) is 19.4. The molecule has 0 aliphatic heterocycles. The van der Waals surface area contributed by atoms with E-state index in [0.29, 0.717) is 11.7 Å². The van der Waals surface area contributed by atoms with E-state index in [4.69, 9.17) is 4.74 Å². The molecule has 2 aromatic heterocycles. The topological polar surface area (TPSA) is 57.0 Å². The van der Waals surface area contributed by atoms with Crippen LogP contribution in [0.2, 0.25) is 0 Å². The molecule has 0 spiro atoms. The maximum absolute atomic E-state index is 12.4. The Balaban J connectivity index is 1.82. The lowest BCUT2D eigenvalue weighted by Gasteiger charge is -2.12. The molecule has 1 aromatic carbocycles. The third kappa shape index (κ3) is 4.78. The fourth-order valence-corrected chi connectivity index (χ4v) is 4.39. The zero-order valence-electron chi connectivity index (χ0n) is 15.9. The van der Waals surface area contributed by atoms with Crippen molar-refractivity contribution in [3.05, 3.63) is 46.2 Å². The molecule has 5 nitrogen and oxygen atoms in total. The fourth-order valence-electron chi connectivity index (χ4n) is 2.66. The van der Waals surface area contributed by atoms with E-state index in [-0.39, 0.29) is 5.78 Å². The number of ether oxygens (including phenoxy) is 1. The van der Waals surface area contributed by atoms with Gasteiger partial charge in [-0.15, -0.1) is 21.5 Å². The lowest BCUT2D eigenvalue weighted by molar-refractivity contribution is 0.102. The maximum atomic E-state index is 12.4. The molecule has 0 radical (unpaired) electrons. The van der Waals surface area contributed by atoms with Crippen molar-refractivity contribution in [2.45, 2.75) is 32.5 Å². The van der Waals surface area contributed by atoms with Gasteiger partial charge in [-0.05, 0) is 49.2 Å². The number of ketones is 1. The Hall–Kier alpha value is -2.12. The van der Waals surface area contributed by atoms with Crippen molar-refractivity contribution in [3.63, 3.8) is 0 Å². The summed E-state index contributed by atoms with van der Waals surface area (Å²) in [6, 6.07) is 11.7. The summed E-state index contributed by atoms with van der Waals surface area (Å²) < 4.78 is 7.33. The summed E-state index contributed by atoms with van der Waals surface area (Å²) in [7, 11) is 1.65. The third-order valence-corrected chi connectivity index (χ3v) is 5.97. The average molecular weight is 402 g/mol. The molecule has 0 saturated heterocycles. The monoisotopic (exact) mass is 401 g/mol. The molecule has 0 unspecified atom stereocenters. The fraction of sp³-hybridized carbons (Fsp3) is 0.350. The summed E-state index contributed by atoms with van der Waals surface area (Å²) in [5.74, 6) is 2.54. The maximum Gasteiger partial charge on any atom is 0.191 e. The number of hydrogen-bond donors (Lipinski definition) is 0. The molecule has 0 amide bonds. The summed E-state index contributed by atoms with van der Waals surface area (Å²) >= 11 is 2.98. The Labute approximate surface area is 167 Å². The van der Waals surface area contributed by atoms with Crippen LogP contribution in [0.15, 0.2) is 41.6 Å². The van der Waals surface area contributed by atoms with Gasteiger partial charge in [-0.2, -0.15) is 0 Å². The predicted octanol–water partition coefficient (Wildman–Crippen LogP) is 4.95. The number of thiophene rings is 1. The van der Waals surface area contributed by atoms with E-state index < -0.39 is 0 Å². The van der Waals surface area contributed by atoms with Gasteiger partial charge in [0.15, 0.2) is 16.8 Å². The van der Waals surface area contributed by atoms with Crippen LogP contribution in [-0.4, -0.2) is 33.4 Å². The number of benzene rings is 1. The Morgan fingerprint density at radius 1 is 1.19 bits per heavy atom. The van der Waals surface area contributed by atoms with Crippen molar-refractivity contribution in [1.82, 2.24) is 14.8 Å². The van der Waals surface area contributed by atoms with Crippen LogP contribution in [0.5, 0.6) is 5.75 Å². The zero-order valence-corrected chi connectivity index (χ0v) is 17.6. The van der Waals surface area contributed by atoms with E-state index in [0.717, 1.165) is 38.6 Å². The largest absolute Gasteiger partial charge is 0.497 e. The second-order valence-corrected chi connectivity index (χ2v) is 8.89. The quantitative estimate of drug-likeness (QED) is 0.395. The number of carbonyl (C=O) groups excluding carboxylic acids is 1. The molecule has 142 valence electrons. The number of thioether (sulfide) groups is 1. The number of hydrogen-bond acceptors (Lipinski definition) is 6. The molecule has 0 aliphatic carbocycles. The van der Waals surface area contributed by atoms with Crippen molar-refractivity contribution in [3.8, 4) is 17.1 Å². The van der Waals surface area contributed by atoms with Crippen molar-refractivity contribution >= 4 is 28.9 Å². The smallest absolute Gasteiger partial charge is 0.191 e. The lowest BCUT2D eigenvalue weighted by atomic mass is 10.2. The summed E-state index contributed by atoms with van der Waals surface area (Å²) in [5, 5.41) is 9.52. The standard InChI is InChI=1S/C20H23N3O2S2/c1-13(2)11-23-19(15-6-8-16(25-4)9-7-15)21-22-20(23)26-12-17(24)18-10-5-14(3)27-18/h5-10,13H,11-12H2,1-4H3. The van der Waals surface area contributed by atoms with Gasteiger partial charge in [-0.3, -0.25) is 4.79 Å². The van der Waals surface area contributed by atoms with E-state index in [1.165, 1.54) is 23.1 Å². The molecule has 0 fully saturated rings. The first-order valence-corrected chi connectivity index (χ1v) is 10.6. The van der Waals surface area contributed by atoms with Crippen LogP contribution in [0.25, 0.3) is 11.4 Å². The van der Waals surface area contributed by atoms with Crippen LogP contribution in [0.3, 0.4) is 0 Å². The molecular weight excluding hydrogens is 378 g/mol. The molecule has 3 rings (SSSR count). The van der Waals surface area contributed by atoms with Gasteiger partial charge in [0.1, 0.15) is 5.75 Å². The van der Waals surface area contributed by atoms with Crippen molar-refractivity contribution in [2.24, 2.45) is 5.92 Å². The summed E-state index contributed by atoms with van der Waals surface area (Å²) in [6.45, 7) is 7.12. The molecular formula is C20H23N3O2S2. The Bertz CT molecular complexity index is 914. The molecule has 7 heteroatoms. The van der Waals surface area contributed by atoms with Crippen LogP contribution >= 0.6 is 23.1 Å². The number of aryl methyl sites for hydroxylation is 1. The van der Waals surface area contributed by atoms with Crippen LogP contribution in [0.4, 0.5) is 0 Å². The number of Topliss-reactive ketones (excluding diaryl/α,β-unsaturated/α-hetero) is 1. The number of methoxy groups -OCH3 is 1. The Kier molecular flexibility index (Phi) is 6.34. The van der Waals surface area contributed by atoms with Crippen molar-refractivity contribution < 1.29 is 9.53 Å². The summed E-state index contributed by atoms with van der Waals surface area (Å²) in [4.78, 5) is 14.4. The molecule has 27 heavy (non-hydrogen) atoms. The van der Waals surface area contributed by atoms with Crippen LogP contribution < -0.4 is 4.74 Å². The number of rotatable bonds is 8. The van der Waals surface area contributed by atoms with Gasteiger partial charge in [0.25, 0.3) is 0 Å². The second kappa shape index (κ2) is 8.71. The minimum atomic E-state index is 0.128. The van der Waals surface area contributed by atoms with E-state index in [9.17, 15) is 4.79 Å². The first-order chi connectivity index (χ1) is 13.0. The Morgan fingerprint density at radius 3 is 2.52 bits per heavy atom. The molecule has 3 aromatic rings. The van der Waals surface area contributed by atoms with Crippen LogP contribution in [0.1, 0.15) is 28.4 Å². The second-order valence-electron chi connectivity index (χ2n) is 6.66. The molecule has 0 atom stereocenters. The number of aromatic nitrogens is 3. The normalized spacial score (nSPS) is 11.1. The van der Waals surface area contributed by atoms with Gasteiger partial charge in [0, 0.05) is 17.0 Å². The first-order valence-electron chi connectivity index (χ1n) is 8.78. The highest BCUT2D eigenvalue weighted by Gasteiger charge is 2.17.